The third-order valence-corrected chi connectivity index (χ3v) is 2.57. The first-order chi connectivity index (χ1) is 7.83. The molecule has 0 spiro atoms. The topological polar surface area (TPSA) is 45.8 Å². The Morgan fingerprint density at radius 2 is 2.06 bits per heavy atom. The van der Waals surface area contributed by atoms with Crippen molar-refractivity contribution in [3.8, 4) is 6.07 Å². The highest BCUT2D eigenvalue weighted by molar-refractivity contribution is 5.81. The van der Waals surface area contributed by atoms with E-state index in [9.17, 15) is 4.79 Å². The quantitative estimate of drug-likeness (QED) is 0.733. The number of fused-ring (bicyclic) bond motifs is 1. The Bertz CT molecular complexity index is 593. The summed E-state index contributed by atoms with van der Waals surface area (Å²) in [6.45, 7) is 0.608. The molecule has 0 amide bonds. The number of nitrogens with zero attached hydrogens (tertiary/aromatic N) is 2. The molecule has 0 aliphatic rings. The number of aryl methyl sites for hydroxylation is 1. The van der Waals surface area contributed by atoms with Crippen LogP contribution in [-0.2, 0) is 6.54 Å². The number of nitriles is 1. The zero-order chi connectivity index (χ0) is 11.4. The summed E-state index contributed by atoms with van der Waals surface area (Å²) < 4.78 is 1.67. The molecule has 0 saturated heterocycles. The van der Waals surface area contributed by atoms with Gasteiger partial charge in [0.05, 0.1) is 6.07 Å². The lowest BCUT2D eigenvalue weighted by Crippen LogP contribution is -2.19. The van der Waals surface area contributed by atoms with Gasteiger partial charge in [0.1, 0.15) is 0 Å². The van der Waals surface area contributed by atoms with Crippen molar-refractivity contribution in [1.82, 2.24) is 4.57 Å². The largest absolute Gasteiger partial charge is 0.315 e. The van der Waals surface area contributed by atoms with Gasteiger partial charge in [0.2, 0.25) is 0 Å². The fourth-order valence-electron chi connectivity index (χ4n) is 1.73. The maximum atomic E-state index is 12.0. The number of pyridine rings is 1. The third kappa shape index (κ3) is 1.96. The Hall–Kier alpha value is -2.08. The average molecular weight is 212 g/mol. The summed E-state index contributed by atoms with van der Waals surface area (Å²) in [5.41, 5.74) is 0.0241. The SMILES string of the molecule is N#CCCCn1ccc2ccccc2c1=O. The van der Waals surface area contributed by atoms with Gasteiger partial charge in [-0.1, -0.05) is 18.2 Å². The van der Waals surface area contributed by atoms with Crippen LogP contribution in [0, 0.1) is 11.3 Å². The third-order valence-electron chi connectivity index (χ3n) is 2.57. The van der Waals surface area contributed by atoms with Crippen molar-refractivity contribution >= 4 is 10.8 Å². The lowest BCUT2D eigenvalue weighted by atomic mass is 10.2. The van der Waals surface area contributed by atoms with E-state index in [0.29, 0.717) is 13.0 Å². The first-order valence-corrected chi connectivity index (χ1v) is 5.28. The molecule has 1 aromatic heterocycles. The molecule has 0 aliphatic heterocycles. The van der Waals surface area contributed by atoms with Gasteiger partial charge in [0, 0.05) is 24.5 Å². The van der Waals surface area contributed by atoms with E-state index in [1.54, 1.807) is 10.8 Å². The molecule has 3 heteroatoms. The monoisotopic (exact) mass is 212 g/mol. The predicted octanol–water partition coefficient (Wildman–Crippen LogP) is 2.31. The van der Waals surface area contributed by atoms with E-state index in [2.05, 4.69) is 6.07 Å². The maximum Gasteiger partial charge on any atom is 0.258 e. The molecule has 80 valence electrons. The standard InChI is InChI=1S/C13H12N2O/c14-8-3-4-9-15-10-7-11-5-1-2-6-12(11)13(15)16/h1-2,5-7,10H,3-4,9H2. The smallest absolute Gasteiger partial charge is 0.258 e. The zero-order valence-corrected chi connectivity index (χ0v) is 8.89. The summed E-state index contributed by atoms with van der Waals surface area (Å²) in [6, 6.07) is 11.6. The van der Waals surface area contributed by atoms with Crippen molar-refractivity contribution < 1.29 is 0 Å². The second kappa shape index (κ2) is 4.63. The number of benzene rings is 1. The second-order valence-electron chi connectivity index (χ2n) is 3.66. The summed E-state index contributed by atoms with van der Waals surface area (Å²) in [5, 5.41) is 10.1. The molecule has 0 aliphatic carbocycles. The minimum atomic E-state index is 0.0241. The molecule has 3 nitrogen and oxygen atoms in total. The summed E-state index contributed by atoms with van der Waals surface area (Å²) in [7, 11) is 0. The van der Waals surface area contributed by atoms with Crippen LogP contribution < -0.4 is 5.56 Å². The average Bonchev–Trinajstić information content (AvgIpc) is 2.33. The first kappa shape index (κ1) is 10.4. The van der Waals surface area contributed by atoms with Crippen molar-refractivity contribution in [3.05, 3.63) is 46.9 Å². The zero-order valence-electron chi connectivity index (χ0n) is 8.89. The lowest BCUT2D eigenvalue weighted by Gasteiger charge is -2.05. The highest BCUT2D eigenvalue weighted by atomic mass is 16.1. The van der Waals surface area contributed by atoms with E-state index >= 15 is 0 Å². The maximum absolute atomic E-state index is 12.0. The highest BCUT2D eigenvalue weighted by Gasteiger charge is 2.00. The van der Waals surface area contributed by atoms with Crippen molar-refractivity contribution in [1.29, 1.82) is 5.26 Å². The van der Waals surface area contributed by atoms with E-state index < -0.39 is 0 Å². The molecule has 16 heavy (non-hydrogen) atoms. The Labute approximate surface area is 93.6 Å². The molecular weight excluding hydrogens is 200 g/mol. The van der Waals surface area contributed by atoms with Gasteiger partial charge < -0.3 is 4.57 Å². The number of unbranched alkanes of at least 4 members (excludes halogenated alkanes) is 1. The number of rotatable bonds is 3. The molecule has 0 atom stereocenters. The van der Waals surface area contributed by atoms with E-state index in [1.165, 1.54) is 0 Å². The molecule has 2 rings (SSSR count). The van der Waals surface area contributed by atoms with Crippen LogP contribution in [0.2, 0.25) is 0 Å². The van der Waals surface area contributed by atoms with Gasteiger partial charge in [-0.25, -0.2) is 0 Å². The second-order valence-corrected chi connectivity index (χ2v) is 3.66. The minimum Gasteiger partial charge on any atom is -0.315 e. The van der Waals surface area contributed by atoms with Gasteiger partial charge in [-0.05, 0) is 23.9 Å². The minimum absolute atomic E-state index is 0.0241. The normalized spacial score (nSPS) is 10.2. The molecule has 0 saturated carbocycles. The Morgan fingerprint density at radius 3 is 2.88 bits per heavy atom. The van der Waals surface area contributed by atoms with Crippen LogP contribution in [0.1, 0.15) is 12.8 Å². The molecule has 0 N–H and O–H groups in total. The van der Waals surface area contributed by atoms with Crippen molar-refractivity contribution in [2.45, 2.75) is 19.4 Å². The van der Waals surface area contributed by atoms with Crippen LogP contribution in [0.3, 0.4) is 0 Å². The molecule has 1 heterocycles. The van der Waals surface area contributed by atoms with E-state index in [4.69, 9.17) is 5.26 Å². The van der Waals surface area contributed by atoms with E-state index in [0.717, 1.165) is 17.2 Å². The molecular formula is C13H12N2O. The van der Waals surface area contributed by atoms with Gasteiger partial charge in [-0.3, -0.25) is 4.79 Å². The fraction of sp³-hybridized carbons (Fsp3) is 0.231. The van der Waals surface area contributed by atoms with E-state index in [1.807, 2.05) is 30.3 Å². The lowest BCUT2D eigenvalue weighted by molar-refractivity contribution is 0.636. The van der Waals surface area contributed by atoms with Crippen LogP contribution in [0.25, 0.3) is 10.8 Å². The summed E-state index contributed by atoms with van der Waals surface area (Å²) in [5.74, 6) is 0. The van der Waals surface area contributed by atoms with Crippen LogP contribution in [-0.4, -0.2) is 4.57 Å². The van der Waals surface area contributed by atoms with Crippen LogP contribution in [0.5, 0.6) is 0 Å². The molecule has 0 fully saturated rings. The van der Waals surface area contributed by atoms with Crippen LogP contribution >= 0.6 is 0 Å². The first-order valence-electron chi connectivity index (χ1n) is 5.28. The summed E-state index contributed by atoms with van der Waals surface area (Å²) in [6.07, 6.45) is 3.00. The Kier molecular flexibility index (Phi) is 3.02. The van der Waals surface area contributed by atoms with Crippen molar-refractivity contribution in [2.24, 2.45) is 0 Å². The molecule has 2 aromatic rings. The van der Waals surface area contributed by atoms with Gasteiger partial charge in [0.15, 0.2) is 0 Å². The summed E-state index contributed by atoms with van der Waals surface area (Å²) in [4.78, 5) is 12.0. The highest BCUT2D eigenvalue weighted by Crippen LogP contribution is 2.08. The van der Waals surface area contributed by atoms with Crippen LogP contribution in [0.4, 0.5) is 0 Å². The van der Waals surface area contributed by atoms with Crippen molar-refractivity contribution in [2.75, 3.05) is 0 Å². The molecule has 1 aromatic carbocycles. The molecule has 0 bridgehead atoms. The van der Waals surface area contributed by atoms with E-state index in [-0.39, 0.29) is 5.56 Å². The van der Waals surface area contributed by atoms with Gasteiger partial charge in [0.25, 0.3) is 5.56 Å². The predicted molar refractivity (Wildman–Crippen MR) is 63.1 cm³/mol. The molecule has 0 unspecified atom stereocenters. The van der Waals surface area contributed by atoms with Gasteiger partial charge in [-0.2, -0.15) is 5.26 Å². The fourth-order valence-corrected chi connectivity index (χ4v) is 1.73. The number of aromatic nitrogens is 1. The van der Waals surface area contributed by atoms with Crippen molar-refractivity contribution in [3.63, 3.8) is 0 Å². The van der Waals surface area contributed by atoms with Gasteiger partial charge in [-0.15, -0.1) is 0 Å². The summed E-state index contributed by atoms with van der Waals surface area (Å²) >= 11 is 0. The number of hydrogen-bond acceptors (Lipinski definition) is 2. The Morgan fingerprint density at radius 1 is 1.25 bits per heavy atom. The number of hydrogen-bond donors (Lipinski definition) is 0. The van der Waals surface area contributed by atoms with Crippen LogP contribution in [0.15, 0.2) is 41.3 Å². The molecule has 0 radical (unpaired) electrons. The Balaban J connectivity index is 2.38. The van der Waals surface area contributed by atoms with Gasteiger partial charge >= 0.3 is 0 Å².